The number of carbonyl (C=O) groups is 2. The van der Waals surface area contributed by atoms with Crippen molar-refractivity contribution in [2.75, 3.05) is 6.54 Å². The van der Waals surface area contributed by atoms with Crippen molar-refractivity contribution < 1.29 is 14.7 Å². The van der Waals surface area contributed by atoms with Crippen LogP contribution in [0.3, 0.4) is 0 Å². The maximum atomic E-state index is 13.8. The normalized spacial score (nSPS) is 14.7. The molecule has 0 spiro atoms. The third-order valence-electron chi connectivity index (χ3n) is 8.02. The van der Waals surface area contributed by atoms with Crippen LogP contribution in [0.1, 0.15) is 66.0 Å². The van der Waals surface area contributed by atoms with Gasteiger partial charge in [0.05, 0.1) is 17.4 Å². The van der Waals surface area contributed by atoms with E-state index in [2.05, 4.69) is 28.5 Å². The monoisotopic (exact) mass is 510 g/mol. The summed E-state index contributed by atoms with van der Waals surface area (Å²) >= 11 is 0. The lowest BCUT2D eigenvalue weighted by molar-refractivity contribution is -0.137. The highest BCUT2D eigenvalue weighted by molar-refractivity contribution is 5.87. The standard InChI is InChI=1S/C31H34N4O3/c1-20-25(14-15-27-29(20)32-33-34(27)4)26(18-28(36)37)22-13-12-21-9-8-16-35(19-23(21)17-22)30(38)31(2,3)24-10-6-5-7-11-24/h5-7,10-15,17,26H,8-9,16,18-19H2,1-4H3,(H,36,37). The first-order valence-corrected chi connectivity index (χ1v) is 13.1. The van der Waals surface area contributed by atoms with Gasteiger partial charge in [0.1, 0.15) is 5.52 Å². The largest absolute Gasteiger partial charge is 0.481 e. The molecule has 5 rings (SSSR count). The van der Waals surface area contributed by atoms with Crippen LogP contribution in [0.5, 0.6) is 0 Å². The highest BCUT2D eigenvalue weighted by Crippen LogP contribution is 2.35. The second-order valence-electron chi connectivity index (χ2n) is 10.9. The number of hydrogen-bond donors (Lipinski definition) is 1. The number of carboxylic acids is 1. The van der Waals surface area contributed by atoms with Gasteiger partial charge in [-0.2, -0.15) is 0 Å². The van der Waals surface area contributed by atoms with Crippen molar-refractivity contribution in [2.24, 2.45) is 7.05 Å². The fourth-order valence-corrected chi connectivity index (χ4v) is 5.75. The van der Waals surface area contributed by atoms with Crippen molar-refractivity contribution in [1.29, 1.82) is 0 Å². The minimum Gasteiger partial charge on any atom is -0.481 e. The molecule has 1 aliphatic heterocycles. The van der Waals surface area contributed by atoms with E-state index in [1.807, 2.05) is 75.2 Å². The molecule has 0 radical (unpaired) electrons. The van der Waals surface area contributed by atoms with Crippen molar-refractivity contribution in [3.63, 3.8) is 0 Å². The zero-order valence-corrected chi connectivity index (χ0v) is 22.4. The summed E-state index contributed by atoms with van der Waals surface area (Å²) in [4.78, 5) is 27.7. The number of aryl methyl sites for hydroxylation is 3. The topological polar surface area (TPSA) is 88.3 Å². The molecular formula is C31H34N4O3. The molecule has 1 N–H and O–H groups in total. The fraction of sp³-hybridized carbons (Fsp3) is 0.355. The Morgan fingerprint density at radius 3 is 2.55 bits per heavy atom. The molecule has 196 valence electrons. The third-order valence-corrected chi connectivity index (χ3v) is 8.02. The van der Waals surface area contributed by atoms with Crippen molar-refractivity contribution in [2.45, 2.75) is 57.9 Å². The molecule has 4 aromatic rings. The molecule has 1 unspecified atom stereocenters. The van der Waals surface area contributed by atoms with E-state index in [0.717, 1.165) is 51.7 Å². The Morgan fingerprint density at radius 2 is 1.82 bits per heavy atom. The zero-order valence-electron chi connectivity index (χ0n) is 22.4. The molecular weight excluding hydrogens is 476 g/mol. The lowest BCUT2D eigenvalue weighted by Crippen LogP contribution is -2.43. The third kappa shape index (κ3) is 4.69. The maximum Gasteiger partial charge on any atom is 0.304 e. The first-order chi connectivity index (χ1) is 18.2. The molecule has 0 saturated heterocycles. The van der Waals surface area contributed by atoms with Gasteiger partial charge in [-0.3, -0.25) is 9.59 Å². The van der Waals surface area contributed by atoms with E-state index in [4.69, 9.17) is 0 Å². The summed E-state index contributed by atoms with van der Waals surface area (Å²) < 4.78 is 1.73. The Labute approximate surface area is 223 Å². The SMILES string of the molecule is Cc1c(C(CC(=O)O)c2ccc3c(c2)CN(C(=O)C(C)(C)c2ccccc2)CCC3)ccc2c1nnn2C. The van der Waals surface area contributed by atoms with Gasteiger partial charge in [-0.05, 0) is 73.1 Å². The molecule has 0 fully saturated rings. The number of hydrogen-bond acceptors (Lipinski definition) is 4. The average Bonchev–Trinajstić information content (AvgIpc) is 3.15. The number of fused-ring (bicyclic) bond motifs is 2. The van der Waals surface area contributed by atoms with Crippen molar-refractivity contribution in [3.05, 3.63) is 94.0 Å². The van der Waals surface area contributed by atoms with Gasteiger partial charge in [-0.15, -0.1) is 5.10 Å². The Kier molecular flexibility index (Phi) is 6.78. The second kappa shape index (κ2) is 10.0. The number of nitrogens with zero attached hydrogens (tertiary/aromatic N) is 4. The summed E-state index contributed by atoms with van der Waals surface area (Å²) in [6, 6.07) is 20.2. The summed E-state index contributed by atoms with van der Waals surface area (Å²) in [5, 5.41) is 18.3. The Balaban J connectivity index is 1.51. The van der Waals surface area contributed by atoms with Crippen LogP contribution in [0.15, 0.2) is 60.7 Å². The minimum atomic E-state index is -0.856. The van der Waals surface area contributed by atoms with Gasteiger partial charge < -0.3 is 10.0 Å². The summed E-state index contributed by atoms with van der Waals surface area (Å²) in [5.74, 6) is -1.09. The number of aliphatic carboxylic acids is 1. The van der Waals surface area contributed by atoms with Crippen LogP contribution < -0.4 is 0 Å². The van der Waals surface area contributed by atoms with Crippen LogP contribution in [0.4, 0.5) is 0 Å². The van der Waals surface area contributed by atoms with E-state index >= 15 is 0 Å². The Hall–Kier alpha value is -4.00. The molecule has 1 amide bonds. The fourth-order valence-electron chi connectivity index (χ4n) is 5.75. The lowest BCUT2D eigenvalue weighted by atomic mass is 9.83. The molecule has 3 aromatic carbocycles. The quantitative estimate of drug-likeness (QED) is 0.388. The van der Waals surface area contributed by atoms with Gasteiger partial charge in [0.25, 0.3) is 0 Å². The van der Waals surface area contributed by atoms with E-state index in [-0.39, 0.29) is 18.2 Å². The van der Waals surface area contributed by atoms with Crippen molar-refractivity contribution in [3.8, 4) is 0 Å². The van der Waals surface area contributed by atoms with Crippen molar-refractivity contribution >= 4 is 22.9 Å². The zero-order chi connectivity index (χ0) is 27.0. The average molecular weight is 511 g/mol. The highest BCUT2D eigenvalue weighted by atomic mass is 16.4. The smallest absolute Gasteiger partial charge is 0.304 e. The van der Waals surface area contributed by atoms with Crippen LogP contribution in [-0.4, -0.2) is 43.4 Å². The summed E-state index contributed by atoms with van der Waals surface area (Å²) in [7, 11) is 1.85. The second-order valence-corrected chi connectivity index (χ2v) is 10.9. The van der Waals surface area contributed by atoms with Gasteiger partial charge in [0.2, 0.25) is 5.91 Å². The van der Waals surface area contributed by atoms with E-state index in [0.29, 0.717) is 13.1 Å². The van der Waals surface area contributed by atoms with E-state index in [9.17, 15) is 14.7 Å². The Bertz CT molecular complexity index is 1510. The van der Waals surface area contributed by atoms with E-state index in [1.54, 1.807) is 4.68 Å². The molecule has 1 aliphatic rings. The highest BCUT2D eigenvalue weighted by Gasteiger charge is 2.34. The van der Waals surface area contributed by atoms with Crippen LogP contribution in [0.25, 0.3) is 11.0 Å². The maximum absolute atomic E-state index is 13.8. The number of aromatic nitrogens is 3. The number of amides is 1. The van der Waals surface area contributed by atoms with Gasteiger partial charge in [0.15, 0.2) is 0 Å². The number of carboxylic acid groups (broad SMARTS) is 1. The first-order valence-electron chi connectivity index (χ1n) is 13.1. The lowest BCUT2D eigenvalue weighted by Gasteiger charge is -2.32. The molecule has 38 heavy (non-hydrogen) atoms. The Morgan fingerprint density at radius 1 is 1.05 bits per heavy atom. The molecule has 2 heterocycles. The van der Waals surface area contributed by atoms with Gasteiger partial charge >= 0.3 is 5.97 Å². The number of rotatable bonds is 6. The number of carbonyl (C=O) groups excluding carboxylic acids is 1. The van der Waals surface area contributed by atoms with Gasteiger partial charge in [-0.1, -0.05) is 59.8 Å². The summed E-state index contributed by atoms with van der Waals surface area (Å²) in [5.41, 5.74) is 7.19. The predicted molar refractivity (Wildman–Crippen MR) is 147 cm³/mol. The molecule has 7 heteroatoms. The van der Waals surface area contributed by atoms with Crippen LogP contribution >= 0.6 is 0 Å². The van der Waals surface area contributed by atoms with Crippen LogP contribution in [0, 0.1) is 6.92 Å². The molecule has 0 aliphatic carbocycles. The molecule has 0 saturated carbocycles. The molecule has 1 atom stereocenters. The number of benzene rings is 3. The summed E-state index contributed by atoms with van der Waals surface area (Å²) in [6.07, 6.45) is 1.75. The predicted octanol–water partition coefficient (Wildman–Crippen LogP) is 5.14. The minimum absolute atomic E-state index is 0.0327. The van der Waals surface area contributed by atoms with Crippen LogP contribution in [-0.2, 0) is 35.0 Å². The molecule has 7 nitrogen and oxygen atoms in total. The van der Waals surface area contributed by atoms with Gasteiger partial charge in [0, 0.05) is 26.1 Å². The first kappa shape index (κ1) is 25.6. The van der Waals surface area contributed by atoms with E-state index in [1.165, 1.54) is 5.56 Å². The molecule has 0 bridgehead atoms. The van der Waals surface area contributed by atoms with Crippen LogP contribution in [0.2, 0.25) is 0 Å². The summed E-state index contributed by atoms with van der Waals surface area (Å²) in [6.45, 7) is 7.17. The molecule has 1 aromatic heterocycles. The van der Waals surface area contributed by atoms with Crippen molar-refractivity contribution in [1.82, 2.24) is 19.9 Å². The van der Waals surface area contributed by atoms with E-state index < -0.39 is 11.4 Å². The van der Waals surface area contributed by atoms with Gasteiger partial charge in [-0.25, -0.2) is 4.68 Å².